The van der Waals surface area contributed by atoms with Crippen molar-refractivity contribution in [2.75, 3.05) is 10.8 Å². The van der Waals surface area contributed by atoms with Crippen LogP contribution >= 0.6 is 39.3 Å². The molecule has 0 unspecified atom stereocenters. The van der Waals surface area contributed by atoms with E-state index in [0.29, 0.717) is 0 Å². The van der Waals surface area contributed by atoms with Crippen molar-refractivity contribution in [3.05, 3.63) is 68.9 Å². The smallest absolute Gasteiger partial charge is 0.151 e. The molecule has 1 aromatic carbocycles. The number of halogens is 2. The molecule has 0 saturated heterocycles. The Morgan fingerprint density at radius 2 is 2.00 bits per heavy atom. The van der Waals surface area contributed by atoms with E-state index in [1.165, 1.54) is 5.70 Å². The van der Waals surface area contributed by atoms with Crippen molar-refractivity contribution in [2.45, 2.75) is 6.92 Å². The number of benzene rings is 1. The van der Waals surface area contributed by atoms with Gasteiger partial charge in [-0.1, -0.05) is 11.6 Å². The molecule has 0 spiro atoms. The minimum absolute atomic E-state index is 0.751. The van der Waals surface area contributed by atoms with Gasteiger partial charge in [-0.2, -0.15) is 0 Å². The van der Waals surface area contributed by atoms with Crippen LogP contribution in [0, 0.1) is 6.92 Å². The summed E-state index contributed by atoms with van der Waals surface area (Å²) in [6.45, 7) is 2.05. The van der Waals surface area contributed by atoms with Crippen LogP contribution in [0.15, 0.2) is 52.5 Å². The SMILES string of the molecule is Cc1nc2c(Br)cccn2c1C1=CSCN1c1ccc(Cl)cc1. The van der Waals surface area contributed by atoms with E-state index in [0.717, 1.165) is 38.1 Å². The van der Waals surface area contributed by atoms with Crippen molar-refractivity contribution in [3.63, 3.8) is 0 Å². The van der Waals surface area contributed by atoms with Crippen LogP contribution in [0.2, 0.25) is 5.02 Å². The summed E-state index contributed by atoms with van der Waals surface area (Å²) in [7, 11) is 0. The summed E-state index contributed by atoms with van der Waals surface area (Å²) in [6.07, 6.45) is 2.05. The molecular formula is C17H13BrClN3S. The van der Waals surface area contributed by atoms with Gasteiger partial charge < -0.3 is 4.90 Å². The largest absolute Gasteiger partial charge is 0.329 e. The number of hydrogen-bond acceptors (Lipinski definition) is 3. The molecule has 0 aliphatic carbocycles. The second-order valence-corrected chi connectivity index (χ2v) is 7.42. The fourth-order valence-corrected chi connectivity index (χ4v) is 4.27. The Kier molecular flexibility index (Phi) is 3.87. The van der Waals surface area contributed by atoms with Gasteiger partial charge in [0.05, 0.1) is 27.4 Å². The molecule has 0 saturated carbocycles. The zero-order valence-electron chi connectivity index (χ0n) is 12.3. The van der Waals surface area contributed by atoms with E-state index >= 15 is 0 Å². The highest BCUT2D eigenvalue weighted by atomic mass is 79.9. The van der Waals surface area contributed by atoms with Crippen LogP contribution in [0.3, 0.4) is 0 Å². The molecular weight excluding hydrogens is 394 g/mol. The first-order valence-electron chi connectivity index (χ1n) is 7.13. The lowest BCUT2D eigenvalue weighted by Crippen LogP contribution is -2.18. The molecule has 116 valence electrons. The van der Waals surface area contributed by atoms with Crippen LogP contribution in [0.4, 0.5) is 5.69 Å². The molecule has 2 aromatic heterocycles. The fourth-order valence-electron chi connectivity index (χ4n) is 2.80. The maximum absolute atomic E-state index is 6.02. The molecule has 1 aliphatic rings. The summed E-state index contributed by atoms with van der Waals surface area (Å²) < 4.78 is 3.14. The van der Waals surface area contributed by atoms with Crippen LogP contribution in [-0.4, -0.2) is 15.3 Å². The molecule has 1 aliphatic heterocycles. The molecule has 6 heteroatoms. The zero-order chi connectivity index (χ0) is 16.0. The van der Waals surface area contributed by atoms with Crippen LogP contribution < -0.4 is 4.90 Å². The normalized spacial score (nSPS) is 14.6. The van der Waals surface area contributed by atoms with Crippen molar-refractivity contribution in [3.8, 4) is 0 Å². The first kappa shape index (κ1) is 15.1. The molecule has 0 atom stereocenters. The number of rotatable bonds is 2. The van der Waals surface area contributed by atoms with Gasteiger partial charge in [0, 0.05) is 16.9 Å². The summed E-state index contributed by atoms with van der Waals surface area (Å²) in [5.41, 5.74) is 5.38. The lowest BCUT2D eigenvalue weighted by Gasteiger charge is -2.22. The molecule has 3 nitrogen and oxygen atoms in total. The van der Waals surface area contributed by atoms with Crippen molar-refractivity contribution in [2.24, 2.45) is 0 Å². The number of anilines is 1. The highest BCUT2D eigenvalue weighted by Crippen LogP contribution is 2.37. The van der Waals surface area contributed by atoms with Crippen LogP contribution in [0.25, 0.3) is 11.3 Å². The third-order valence-corrected chi connectivity index (χ3v) is 5.52. The highest BCUT2D eigenvalue weighted by molar-refractivity contribution is 9.10. The number of hydrogen-bond donors (Lipinski definition) is 0. The molecule has 0 N–H and O–H groups in total. The highest BCUT2D eigenvalue weighted by Gasteiger charge is 2.24. The van der Waals surface area contributed by atoms with E-state index in [2.05, 4.69) is 55.9 Å². The third-order valence-electron chi connectivity index (χ3n) is 3.85. The quantitative estimate of drug-likeness (QED) is 0.555. The lowest BCUT2D eigenvalue weighted by molar-refractivity contribution is 1.10. The van der Waals surface area contributed by atoms with Gasteiger partial charge in [-0.3, -0.25) is 4.40 Å². The van der Waals surface area contributed by atoms with Crippen molar-refractivity contribution >= 4 is 56.3 Å². The monoisotopic (exact) mass is 405 g/mol. The Morgan fingerprint density at radius 3 is 2.78 bits per heavy atom. The third kappa shape index (κ3) is 2.57. The van der Waals surface area contributed by atoms with Gasteiger partial charge in [-0.25, -0.2) is 4.98 Å². The minimum atomic E-state index is 0.751. The van der Waals surface area contributed by atoms with E-state index in [9.17, 15) is 0 Å². The Labute approximate surface area is 152 Å². The van der Waals surface area contributed by atoms with Crippen molar-refractivity contribution in [1.29, 1.82) is 0 Å². The van der Waals surface area contributed by atoms with Crippen LogP contribution in [0.1, 0.15) is 11.4 Å². The summed E-state index contributed by atoms with van der Waals surface area (Å²) in [5, 5.41) is 2.95. The molecule has 23 heavy (non-hydrogen) atoms. The van der Waals surface area contributed by atoms with Crippen molar-refractivity contribution in [1.82, 2.24) is 9.38 Å². The summed E-state index contributed by atoms with van der Waals surface area (Å²) >= 11 is 11.4. The van der Waals surface area contributed by atoms with E-state index in [4.69, 9.17) is 16.6 Å². The average Bonchev–Trinajstić information content (AvgIpc) is 3.12. The number of aromatic nitrogens is 2. The number of nitrogens with zero attached hydrogens (tertiary/aromatic N) is 3. The van der Waals surface area contributed by atoms with Crippen molar-refractivity contribution < 1.29 is 0 Å². The summed E-state index contributed by atoms with van der Waals surface area (Å²) in [4.78, 5) is 7.01. The van der Waals surface area contributed by atoms with E-state index in [-0.39, 0.29) is 0 Å². The van der Waals surface area contributed by atoms with Gasteiger partial charge >= 0.3 is 0 Å². The molecule has 4 rings (SSSR count). The lowest BCUT2D eigenvalue weighted by atomic mass is 10.2. The summed E-state index contributed by atoms with van der Waals surface area (Å²) in [5.74, 6) is 0.887. The first-order valence-corrected chi connectivity index (χ1v) is 9.35. The van der Waals surface area contributed by atoms with E-state index in [1.54, 1.807) is 11.8 Å². The standard InChI is InChI=1S/C17H13BrClN3S/c1-11-16(21-8-2-3-14(18)17(21)20-11)15-9-23-10-22(15)13-6-4-12(19)5-7-13/h2-9H,10H2,1H3. The second kappa shape index (κ2) is 5.89. The maximum atomic E-state index is 6.02. The van der Waals surface area contributed by atoms with E-state index < -0.39 is 0 Å². The number of imidazole rings is 1. The van der Waals surface area contributed by atoms with Gasteiger partial charge in [0.2, 0.25) is 0 Å². The number of pyridine rings is 1. The van der Waals surface area contributed by atoms with E-state index in [1.807, 2.05) is 24.3 Å². The average molecular weight is 407 g/mol. The predicted molar refractivity (Wildman–Crippen MR) is 102 cm³/mol. The first-order chi connectivity index (χ1) is 11.1. The molecule has 0 radical (unpaired) electrons. The molecule has 0 bridgehead atoms. The van der Waals surface area contributed by atoms with Crippen LogP contribution in [-0.2, 0) is 0 Å². The second-order valence-electron chi connectivity index (χ2n) is 5.30. The van der Waals surface area contributed by atoms with Gasteiger partial charge in [-0.05, 0) is 64.7 Å². The molecule has 3 heterocycles. The number of aryl methyl sites for hydroxylation is 1. The topological polar surface area (TPSA) is 20.5 Å². The van der Waals surface area contributed by atoms with Gasteiger partial charge in [-0.15, -0.1) is 11.8 Å². The van der Waals surface area contributed by atoms with Gasteiger partial charge in [0.25, 0.3) is 0 Å². The molecule has 3 aromatic rings. The Bertz CT molecular complexity index is 917. The number of thioether (sulfide) groups is 1. The Morgan fingerprint density at radius 1 is 1.22 bits per heavy atom. The maximum Gasteiger partial charge on any atom is 0.151 e. The molecule has 0 fully saturated rings. The van der Waals surface area contributed by atoms with Crippen LogP contribution in [0.5, 0.6) is 0 Å². The minimum Gasteiger partial charge on any atom is -0.329 e. The fraction of sp³-hybridized carbons (Fsp3) is 0.118. The number of fused-ring (bicyclic) bond motifs is 1. The van der Waals surface area contributed by atoms with Gasteiger partial charge in [0.15, 0.2) is 5.65 Å². The predicted octanol–water partition coefficient (Wildman–Crippen LogP) is 5.57. The summed E-state index contributed by atoms with van der Waals surface area (Å²) in [6, 6.07) is 12.0. The van der Waals surface area contributed by atoms with Gasteiger partial charge in [0.1, 0.15) is 0 Å². The zero-order valence-corrected chi connectivity index (χ0v) is 15.5. The molecule has 0 amide bonds. The Hall–Kier alpha value is -1.43. The Balaban J connectivity index is 1.85.